The topological polar surface area (TPSA) is 260 Å². The molecule has 2 amide bonds. The van der Waals surface area contributed by atoms with E-state index in [0.717, 1.165) is 0 Å². The Kier molecular flexibility index (Phi) is 20.2. The molecule has 0 aliphatic heterocycles. The summed E-state index contributed by atoms with van der Waals surface area (Å²) in [6.07, 6.45) is -4.63. The highest BCUT2D eigenvalue weighted by molar-refractivity contribution is 14.1. The van der Waals surface area contributed by atoms with Crippen molar-refractivity contribution in [2.75, 3.05) is 63.5 Å². The molecular weight excluding hydrogens is 1320 g/mol. The lowest BCUT2D eigenvalue weighted by molar-refractivity contribution is -0.139. The minimum atomic E-state index is -2.32. The number of rotatable bonds is 17. The van der Waals surface area contributed by atoms with E-state index in [9.17, 15) is 60.7 Å². The summed E-state index contributed by atoms with van der Waals surface area (Å²) in [4.78, 5) is 26.7. The molecule has 48 heavy (non-hydrogen) atoms. The van der Waals surface area contributed by atoms with Gasteiger partial charge in [-0.15, -0.1) is 0 Å². The Bertz CT molecular complexity index is 1270. The van der Waals surface area contributed by atoms with Crippen LogP contribution in [0.25, 0.3) is 0 Å². The average Bonchev–Trinajstić information content (AvgIpc) is 3.07. The van der Waals surface area contributed by atoms with Crippen LogP contribution in [-0.4, -0.2) is 128 Å². The maximum atomic E-state index is 13.3. The van der Waals surface area contributed by atoms with Gasteiger partial charge in [-0.3, -0.25) is 9.59 Å². The monoisotopic (exact) mass is 1350 g/mol. The normalized spacial score (nSPS) is 13.2. The van der Waals surface area contributed by atoms with Crippen molar-refractivity contribution in [2.24, 2.45) is 0 Å². The molecule has 0 aliphatic rings. The summed E-state index contributed by atoms with van der Waals surface area (Å²) < 4.78 is 2.57. The molecule has 270 valence electrons. The molecule has 20 heteroatoms. The first kappa shape index (κ1) is 45.5. The molecule has 12 N–H and O–H groups in total. The molecule has 2 unspecified atom stereocenters. The molecule has 14 nitrogen and oxygen atoms in total. The van der Waals surface area contributed by atoms with Crippen LogP contribution in [0.4, 0.5) is 11.4 Å². The highest BCUT2D eigenvalue weighted by Crippen LogP contribution is 2.43. The lowest BCUT2D eigenvalue weighted by Gasteiger charge is -2.27. The Morgan fingerprint density at radius 3 is 0.771 bits per heavy atom. The number of aliphatic hydroxyl groups excluding tert-OH is 10. The Morgan fingerprint density at radius 1 is 0.417 bits per heavy atom. The van der Waals surface area contributed by atoms with Crippen molar-refractivity contribution in [1.82, 2.24) is 0 Å². The van der Waals surface area contributed by atoms with Crippen LogP contribution in [0.3, 0.4) is 0 Å². The third kappa shape index (κ3) is 9.91. The van der Waals surface area contributed by atoms with E-state index in [1.807, 2.05) is 136 Å². The van der Waals surface area contributed by atoms with Gasteiger partial charge in [0.05, 0.1) is 64.2 Å². The zero-order valence-electron chi connectivity index (χ0n) is 24.7. The number of anilines is 2. The molecule has 0 heterocycles. The molecule has 0 spiro atoms. The second-order valence-corrected chi connectivity index (χ2v) is 16.9. The van der Waals surface area contributed by atoms with Crippen LogP contribution in [0, 0.1) is 21.4 Å². The van der Waals surface area contributed by atoms with Crippen molar-refractivity contribution in [1.29, 1.82) is 0 Å². The van der Waals surface area contributed by atoms with E-state index in [0.29, 0.717) is 43.7 Å². The quantitative estimate of drug-likeness (QED) is 0.0987. The van der Waals surface area contributed by atoms with Gasteiger partial charge in [0.25, 0.3) is 11.8 Å². The van der Waals surface area contributed by atoms with Crippen molar-refractivity contribution >= 4 is 159 Å². The lowest BCUT2D eigenvalue weighted by Crippen LogP contribution is -2.45. The Hall–Kier alpha value is 1.36. The molecule has 0 saturated heterocycles. The van der Waals surface area contributed by atoms with Gasteiger partial charge in [0, 0.05) is 45.1 Å². The Labute approximate surface area is 357 Å². The van der Waals surface area contributed by atoms with E-state index in [4.69, 9.17) is 0 Å². The van der Waals surface area contributed by atoms with Crippen LogP contribution in [0.1, 0.15) is 45.9 Å². The predicted octanol–water partition coefficient (Wildman–Crippen LogP) is 0.886. The van der Waals surface area contributed by atoms with Gasteiger partial charge in [-0.05, 0) is 158 Å². The number of carbonyl (C=O) groups excluding carboxylic acids is 2. The summed E-state index contributed by atoms with van der Waals surface area (Å²) in [5.74, 6) is -5.55. The third-order valence-electron chi connectivity index (χ3n) is 7.50. The molecular formula is C28H34I6N2O12. The summed E-state index contributed by atoms with van der Waals surface area (Å²) in [6, 6.07) is 0. The van der Waals surface area contributed by atoms with E-state index in [2.05, 4.69) is 10.6 Å². The highest BCUT2D eigenvalue weighted by atomic mass is 127. The third-order valence-corrected chi connectivity index (χ3v) is 14.3. The van der Waals surface area contributed by atoms with Crippen LogP contribution < -0.4 is 10.6 Å². The maximum absolute atomic E-state index is 13.3. The van der Waals surface area contributed by atoms with Gasteiger partial charge in [-0.1, -0.05) is 0 Å². The van der Waals surface area contributed by atoms with E-state index in [1.54, 1.807) is 0 Å². The number of benzene rings is 2. The van der Waals surface area contributed by atoms with Crippen molar-refractivity contribution < 1.29 is 60.7 Å². The Morgan fingerprint density at radius 2 is 0.604 bits per heavy atom. The lowest BCUT2D eigenvalue weighted by atomic mass is 9.92. The van der Waals surface area contributed by atoms with E-state index in [1.165, 1.54) is 0 Å². The number of nitrogens with one attached hydrogen (secondary N) is 2. The zero-order chi connectivity index (χ0) is 36.6. The second-order valence-electron chi connectivity index (χ2n) is 10.4. The van der Waals surface area contributed by atoms with Crippen molar-refractivity contribution in [3.63, 3.8) is 0 Å². The molecule has 0 aliphatic carbocycles. The largest absolute Gasteiger partial charge is 0.396 e. The van der Waals surface area contributed by atoms with E-state index < -0.39 is 101 Å². The average molecular weight is 1350 g/mol. The fraction of sp³-hybridized carbons (Fsp3) is 0.500. The molecule has 2 rings (SSSR count). The summed E-state index contributed by atoms with van der Waals surface area (Å²) in [5.41, 5.74) is 1.91. The molecule has 0 saturated carbocycles. The minimum Gasteiger partial charge on any atom is -0.396 e. The van der Waals surface area contributed by atoms with Crippen molar-refractivity contribution in [2.45, 2.75) is 35.9 Å². The van der Waals surface area contributed by atoms with Crippen LogP contribution in [0.2, 0.25) is 0 Å². The van der Waals surface area contributed by atoms with Crippen LogP contribution >= 0.6 is 136 Å². The first-order chi connectivity index (χ1) is 22.7. The first-order valence-corrected chi connectivity index (χ1v) is 20.4. The number of hydrogen-bond acceptors (Lipinski definition) is 12. The van der Waals surface area contributed by atoms with Gasteiger partial charge in [0.15, 0.2) is 12.2 Å². The Balaban J connectivity index is 2.58. The van der Waals surface area contributed by atoms with Gasteiger partial charge in [-0.25, -0.2) is 0 Å². The molecule has 2 aromatic rings. The number of aliphatic hydroxyl groups is 10. The minimum absolute atomic E-state index is 0.103. The molecule has 0 bridgehead atoms. The van der Waals surface area contributed by atoms with Crippen molar-refractivity contribution in [3.05, 3.63) is 43.7 Å². The molecule has 2 atom stereocenters. The summed E-state index contributed by atoms with van der Waals surface area (Å²) in [7, 11) is 0. The van der Waals surface area contributed by atoms with Gasteiger partial charge in [0.1, 0.15) is 0 Å². The smallest absolute Gasteiger partial charge is 0.256 e. The van der Waals surface area contributed by atoms with Gasteiger partial charge >= 0.3 is 0 Å². The maximum Gasteiger partial charge on any atom is 0.256 e. The van der Waals surface area contributed by atoms with Crippen LogP contribution in [-0.2, 0) is 9.59 Å². The fourth-order valence-electron chi connectivity index (χ4n) is 4.70. The molecule has 0 radical (unpaired) electrons. The fourth-order valence-corrected chi connectivity index (χ4v) is 15.1. The molecule has 0 aromatic heterocycles. The van der Waals surface area contributed by atoms with E-state index >= 15 is 0 Å². The molecule has 2 aromatic carbocycles. The number of hydrogen-bond donors (Lipinski definition) is 12. The standard InChI is InChI=1S/C28H34I6N2O12/c29-17-13(9(1-37)2-38)19(31)23(20(32)14(17)10(3-39)4-40)35-27(47)25(45)26(46)28(48)36-24-21(33)15(11(5-41)6-42)18(30)16(22(24)34)12(7-43)8-44/h9-12,25-26,37-46H,1-8H2,(H,35,47)(H,36,48). The van der Waals surface area contributed by atoms with Gasteiger partial charge < -0.3 is 61.7 Å². The summed E-state index contributed by atoms with van der Waals surface area (Å²) in [5, 5.41) is 106. The number of carbonyl (C=O) groups is 2. The first-order valence-electron chi connectivity index (χ1n) is 13.9. The number of amides is 2. The van der Waals surface area contributed by atoms with Gasteiger partial charge in [-0.2, -0.15) is 0 Å². The second kappa shape index (κ2) is 21.3. The zero-order valence-corrected chi connectivity index (χ0v) is 37.6. The van der Waals surface area contributed by atoms with Crippen molar-refractivity contribution in [3.8, 4) is 0 Å². The summed E-state index contributed by atoms with van der Waals surface area (Å²) in [6.45, 7) is -3.71. The summed E-state index contributed by atoms with van der Waals surface area (Å²) >= 11 is 11.5. The highest BCUT2D eigenvalue weighted by Gasteiger charge is 2.35. The van der Waals surface area contributed by atoms with Gasteiger partial charge in [0.2, 0.25) is 0 Å². The SMILES string of the molecule is O=C(Nc1c(I)c(C(CO)CO)c(I)c(C(CO)CO)c1I)C(O)C(O)C(=O)Nc1c(I)c(C(CO)CO)c(I)c(C(CO)CO)c1I. The van der Waals surface area contributed by atoms with Crippen LogP contribution in [0.15, 0.2) is 0 Å². The van der Waals surface area contributed by atoms with Crippen LogP contribution in [0.5, 0.6) is 0 Å². The molecule has 0 fully saturated rings. The number of halogens is 6. The van der Waals surface area contributed by atoms with E-state index in [-0.39, 0.29) is 11.4 Å². The predicted molar refractivity (Wildman–Crippen MR) is 226 cm³/mol.